The van der Waals surface area contributed by atoms with Gasteiger partial charge in [-0.1, -0.05) is 36.4 Å². The molecular formula is C21H18N2O4S. The quantitative estimate of drug-likeness (QED) is 0.601. The summed E-state index contributed by atoms with van der Waals surface area (Å²) in [5.74, 6) is -1.05. The molecule has 0 spiro atoms. The third-order valence-electron chi connectivity index (χ3n) is 3.79. The van der Waals surface area contributed by atoms with Gasteiger partial charge in [0.05, 0.1) is 4.88 Å². The van der Waals surface area contributed by atoms with Crippen molar-refractivity contribution < 1.29 is 19.1 Å². The highest BCUT2D eigenvalue weighted by Gasteiger charge is 2.10. The van der Waals surface area contributed by atoms with Gasteiger partial charge in [-0.3, -0.25) is 14.4 Å². The second-order valence-corrected chi connectivity index (χ2v) is 6.79. The Bertz CT molecular complexity index is 938. The Kier molecular flexibility index (Phi) is 6.54. The lowest BCUT2D eigenvalue weighted by molar-refractivity contribution is -0.143. The van der Waals surface area contributed by atoms with Crippen LogP contribution < -0.4 is 10.6 Å². The molecule has 28 heavy (non-hydrogen) atoms. The van der Waals surface area contributed by atoms with Crippen molar-refractivity contribution in [1.29, 1.82) is 0 Å². The molecule has 0 atom stereocenters. The molecule has 7 heteroatoms. The van der Waals surface area contributed by atoms with Gasteiger partial charge in [-0.25, -0.2) is 0 Å². The first-order valence-electron chi connectivity index (χ1n) is 8.54. The Morgan fingerprint density at radius 3 is 2.29 bits per heavy atom. The summed E-state index contributed by atoms with van der Waals surface area (Å²) < 4.78 is 5.14. The average molecular weight is 394 g/mol. The molecule has 0 aliphatic carbocycles. The van der Waals surface area contributed by atoms with E-state index in [2.05, 4.69) is 10.6 Å². The Hall–Kier alpha value is -3.45. The van der Waals surface area contributed by atoms with Crippen LogP contribution in [0.4, 0.5) is 5.69 Å². The van der Waals surface area contributed by atoms with Crippen molar-refractivity contribution in [1.82, 2.24) is 5.32 Å². The molecule has 0 fully saturated rings. The molecule has 0 saturated carbocycles. The molecule has 2 aromatic carbocycles. The van der Waals surface area contributed by atoms with Crippen molar-refractivity contribution in [3.05, 3.63) is 88.1 Å². The maximum absolute atomic E-state index is 12.2. The Morgan fingerprint density at radius 1 is 0.857 bits per heavy atom. The van der Waals surface area contributed by atoms with Crippen molar-refractivity contribution in [2.45, 2.75) is 6.61 Å². The first-order chi connectivity index (χ1) is 13.6. The van der Waals surface area contributed by atoms with Crippen LogP contribution in [0.1, 0.15) is 25.6 Å². The Balaban J connectivity index is 1.44. The number of anilines is 1. The van der Waals surface area contributed by atoms with Gasteiger partial charge >= 0.3 is 5.97 Å². The first kappa shape index (κ1) is 19.3. The SMILES string of the molecule is O=C(CNC(=O)c1cccs1)OCc1ccc(C(=O)Nc2ccccc2)cc1. The zero-order chi connectivity index (χ0) is 19.8. The lowest BCUT2D eigenvalue weighted by atomic mass is 10.1. The van der Waals surface area contributed by atoms with E-state index in [9.17, 15) is 14.4 Å². The molecule has 0 unspecified atom stereocenters. The Morgan fingerprint density at radius 2 is 1.61 bits per heavy atom. The summed E-state index contributed by atoms with van der Waals surface area (Å²) >= 11 is 1.30. The van der Waals surface area contributed by atoms with Crippen LogP contribution in [-0.4, -0.2) is 24.3 Å². The number of thiophene rings is 1. The summed E-state index contributed by atoms with van der Waals surface area (Å²) in [7, 11) is 0. The lowest BCUT2D eigenvalue weighted by Crippen LogP contribution is -2.30. The second-order valence-electron chi connectivity index (χ2n) is 5.84. The van der Waals surface area contributed by atoms with Gasteiger partial charge in [0.2, 0.25) is 0 Å². The van der Waals surface area contributed by atoms with Gasteiger partial charge in [-0.2, -0.15) is 0 Å². The third kappa shape index (κ3) is 5.52. The van der Waals surface area contributed by atoms with Gasteiger partial charge < -0.3 is 15.4 Å². The molecule has 2 N–H and O–H groups in total. The minimum Gasteiger partial charge on any atom is -0.460 e. The summed E-state index contributed by atoms with van der Waals surface area (Å²) in [5.41, 5.74) is 1.96. The minimum absolute atomic E-state index is 0.0638. The van der Waals surface area contributed by atoms with Crippen LogP contribution in [0.15, 0.2) is 72.1 Å². The van der Waals surface area contributed by atoms with Gasteiger partial charge in [0.1, 0.15) is 13.2 Å². The minimum atomic E-state index is -0.532. The number of ether oxygens (including phenoxy) is 1. The van der Waals surface area contributed by atoms with Gasteiger partial charge in [0.15, 0.2) is 0 Å². The van der Waals surface area contributed by atoms with E-state index in [1.54, 1.807) is 41.8 Å². The normalized spacial score (nSPS) is 10.1. The van der Waals surface area contributed by atoms with Gasteiger partial charge in [0, 0.05) is 11.3 Å². The summed E-state index contributed by atoms with van der Waals surface area (Å²) in [6, 6.07) is 19.4. The highest BCUT2D eigenvalue weighted by molar-refractivity contribution is 7.12. The van der Waals surface area contributed by atoms with Gasteiger partial charge in [0.25, 0.3) is 11.8 Å². The van der Waals surface area contributed by atoms with E-state index in [1.807, 2.05) is 30.3 Å². The number of nitrogens with one attached hydrogen (secondary N) is 2. The maximum Gasteiger partial charge on any atom is 0.325 e. The Labute approximate surface area is 166 Å². The van der Waals surface area contributed by atoms with Crippen LogP contribution >= 0.6 is 11.3 Å². The summed E-state index contributed by atoms with van der Waals surface area (Å²) in [6.07, 6.45) is 0. The van der Waals surface area contributed by atoms with Crippen molar-refractivity contribution >= 4 is 34.8 Å². The highest BCUT2D eigenvalue weighted by Crippen LogP contribution is 2.11. The van der Waals surface area contributed by atoms with E-state index in [0.29, 0.717) is 10.4 Å². The molecule has 3 aromatic rings. The second kappa shape index (κ2) is 9.48. The molecule has 1 heterocycles. The molecule has 6 nitrogen and oxygen atoms in total. The average Bonchev–Trinajstić information content (AvgIpc) is 3.26. The van der Waals surface area contributed by atoms with Crippen LogP contribution in [-0.2, 0) is 16.1 Å². The number of carbonyl (C=O) groups is 3. The number of hydrogen-bond acceptors (Lipinski definition) is 5. The van der Waals surface area contributed by atoms with E-state index < -0.39 is 5.97 Å². The zero-order valence-electron chi connectivity index (χ0n) is 14.9. The molecule has 3 rings (SSSR count). The van der Waals surface area contributed by atoms with E-state index >= 15 is 0 Å². The monoisotopic (exact) mass is 394 g/mol. The first-order valence-corrected chi connectivity index (χ1v) is 9.42. The van der Waals surface area contributed by atoms with Crippen molar-refractivity contribution in [2.24, 2.45) is 0 Å². The third-order valence-corrected chi connectivity index (χ3v) is 4.65. The van der Waals surface area contributed by atoms with Gasteiger partial charge in [-0.15, -0.1) is 11.3 Å². The predicted molar refractivity (Wildman–Crippen MR) is 107 cm³/mol. The van der Waals surface area contributed by atoms with E-state index in [0.717, 1.165) is 11.3 Å². The number of amides is 2. The lowest BCUT2D eigenvalue weighted by Gasteiger charge is -2.08. The number of hydrogen-bond donors (Lipinski definition) is 2. The number of rotatable bonds is 7. The van der Waals surface area contributed by atoms with Crippen molar-refractivity contribution in [2.75, 3.05) is 11.9 Å². The highest BCUT2D eigenvalue weighted by atomic mass is 32.1. The van der Waals surface area contributed by atoms with E-state index in [4.69, 9.17) is 4.74 Å². The molecular weight excluding hydrogens is 376 g/mol. The van der Waals surface area contributed by atoms with Crippen LogP contribution in [0, 0.1) is 0 Å². The molecule has 1 aromatic heterocycles. The van der Waals surface area contributed by atoms with Crippen molar-refractivity contribution in [3.63, 3.8) is 0 Å². The zero-order valence-corrected chi connectivity index (χ0v) is 15.7. The van der Waals surface area contributed by atoms with E-state index in [1.165, 1.54) is 11.3 Å². The summed E-state index contributed by atoms with van der Waals surface area (Å²) in [4.78, 5) is 36.3. The predicted octanol–water partition coefficient (Wildman–Crippen LogP) is 3.47. The number of carbonyl (C=O) groups excluding carboxylic acids is 3. The fourth-order valence-corrected chi connectivity index (χ4v) is 2.98. The fourth-order valence-electron chi connectivity index (χ4n) is 2.34. The van der Waals surface area contributed by atoms with E-state index in [-0.39, 0.29) is 25.0 Å². The smallest absolute Gasteiger partial charge is 0.325 e. The molecule has 0 aliphatic heterocycles. The number of para-hydroxylation sites is 1. The molecule has 0 saturated heterocycles. The maximum atomic E-state index is 12.2. The molecule has 142 valence electrons. The van der Waals surface area contributed by atoms with Crippen LogP contribution in [0.3, 0.4) is 0 Å². The van der Waals surface area contributed by atoms with Crippen molar-refractivity contribution in [3.8, 4) is 0 Å². The molecule has 0 bridgehead atoms. The fraction of sp³-hybridized carbons (Fsp3) is 0.0952. The molecule has 0 aliphatic rings. The largest absolute Gasteiger partial charge is 0.460 e. The van der Waals surface area contributed by atoms with Crippen LogP contribution in [0.25, 0.3) is 0 Å². The molecule has 2 amide bonds. The summed E-state index contributed by atoms with van der Waals surface area (Å²) in [6.45, 7) is -0.136. The standard InChI is InChI=1S/C21H18N2O4S/c24-19(13-22-21(26)18-7-4-12-28-18)27-14-15-8-10-16(11-9-15)20(25)23-17-5-2-1-3-6-17/h1-12H,13-14H2,(H,22,26)(H,23,25). The van der Waals surface area contributed by atoms with Crippen LogP contribution in [0.2, 0.25) is 0 Å². The number of benzene rings is 2. The molecule has 0 radical (unpaired) electrons. The number of esters is 1. The topological polar surface area (TPSA) is 84.5 Å². The van der Waals surface area contributed by atoms with Crippen LogP contribution in [0.5, 0.6) is 0 Å². The summed E-state index contributed by atoms with van der Waals surface area (Å²) in [5, 5.41) is 7.10. The van der Waals surface area contributed by atoms with Gasteiger partial charge in [-0.05, 0) is 41.3 Å².